The topological polar surface area (TPSA) is 88.7 Å². The van der Waals surface area contributed by atoms with Crippen LogP contribution in [-0.4, -0.2) is 46.2 Å². The zero-order valence-electron chi connectivity index (χ0n) is 20.9. The Kier molecular flexibility index (Phi) is 11.0. The molecule has 0 spiro atoms. The van der Waals surface area contributed by atoms with Crippen LogP contribution in [0.2, 0.25) is 0 Å². The van der Waals surface area contributed by atoms with Crippen LogP contribution in [0, 0.1) is 23.1 Å². The van der Waals surface area contributed by atoms with Crippen molar-refractivity contribution in [1.82, 2.24) is 0 Å². The van der Waals surface area contributed by atoms with Crippen LogP contribution in [0.3, 0.4) is 0 Å². The number of hydrogen-bond acceptors (Lipinski definition) is 7. The van der Waals surface area contributed by atoms with Crippen LogP contribution in [0.25, 0.3) is 0 Å². The van der Waals surface area contributed by atoms with E-state index in [-0.39, 0.29) is 12.4 Å². The van der Waals surface area contributed by atoms with Gasteiger partial charge in [0.25, 0.3) is 6.02 Å². The number of anilines is 1. The average molecular weight is 497 g/mol. The summed E-state index contributed by atoms with van der Waals surface area (Å²) in [5, 5.41) is 12.6. The van der Waals surface area contributed by atoms with Gasteiger partial charge in [0.1, 0.15) is 18.2 Å². The van der Waals surface area contributed by atoms with E-state index in [2.05, 4.69) is 16.2 Å². The summed E-state index contributed by atoms with van der Waals surface area (Å²) in [6.07, 6.45) is 5.74. The summed E-state index contributed by atoms with van der Waals surface area (Å²) in [4.78, 5) is 11.7. The molecule has 1 aliphatic rings. The molecule has 3 rings (SSSR count). The average Bonchev–Trinajstić information content (AvgIpc) is 2.90. The smallest absolute Gasteiger partial charge is 0.291 e. The van der Waals surface area contributed by atoms with Gasteiger partial charge in [0, 0.05) is 69.2 Å². The van der Waals surface area contributed by atoms with Crippen molar-refractivity contribution in [3.63, 3.8) is 0 Å². The second kappa shape index (κ2) is 14.7. The van der Waals surface area contributed by atoms with Crippen molar-refractivity contribution in [2.45, 2.75) is 38.7 Å². The summed E-state index contributed by atoms with van der Waals surface area (Å²) in [6.45, 7) is 2.30. The molecule has 0 aromatic heterocycles. The van der Waals surface area contributed by atoms with Gasteiger partial charge in [-0.3, -0.25) is 4.90 Å². The maximum absolute atomic E-state index is 14.1. The summed E-state index contributed by atoms with van der Waals surface area (Å²) >= 11 is 0. The molecule has 8 nitrogen and oxygen atoms in total. The number of benzene rings is 2. The standard InChI is InChI=1S/C27H33FN4O4/c1-32(27(33-2)30-13-5-3-4-12-29)24-8-6-22(7-9-24)20-35-25-16-23(28)17-26(18-25)36-31-19-21-10-14-34-15-11-21/h6-9,16-19,21H,3-5,10-11,13-15,20H2,1-2H3. The van der Waals surface area contributed by atoms with Crippen LogP contribution in [0.4, 0.5) is 10.1 Å². The molecule has 0 unspecified atom stereocenters. The third kappa shape index (κ3) is 8.86. The lowest BCUT2D eigenvalue weighted by atomic mass is 10.0. The number of hydrogen-bond donors (Lipinski definition) is 0. The van der Waals surface area contributed by atoms with Gasteiger partial charge >= 0.3 is 0 Å². The monoisotopic (exact) mass is 496 g/mol. The number of oxime groups is 1. The minimum absolute atomic E-state index is 0.266. The van der Waals surface area contributed by atoms with Crippen molar-refractivity contribution in [3.05, 3.63) is 53.8 Å². The van der Waals surface area contributed by atoms with Crippen molar-refractivity contribution in [2.75, 3.05) is 38.8 Å². The molecule has 0 atom stereocenters. The van der Waals surface area contributed by atoms with Crippen LogP contribution in [0.15, 0.2) is 52.6 Å². The molecule has 1 fully saturated rings. The molecule has 2 aromatic rings. The van der Waals surface area contributed by atoms with Crippen LogP contribution in [0.5, 0.6) is 11.5 Å². The van der Waals surface area contributed by atoms with Crippen molar-refractivity contribution in [3.8, 4) is 17.6 Å². The van der Waals surface area contributed by atoms with Crippen molar-refractivity contribution < 1.29 is 23.4 Å². The van der Waals surface area contributed by atoms with Gasteiger partial charge in [0.2, 0.25) is 0 Å². The molecule has 1 aliphatic heterocycles. The highest BCUT2D eigenvalue weighted by atomic mass is 19.1. The van der Waals surface area contributed by atoms with Gasteiger partial charge in [0.15, 0.2) is 5.75 Å². The van der Waals surface area contributed by atoms with E-state index in [9.17, 15) is 4.39 Å². The van der Waals surface area contributed by atoms with Crippen molar-refractivity contribution >= 4 is 17.9 Å². The minimum atomic E-state index is -0.459. The molecule has 1 heterocycles. The van der Waals surface area contributed by atoms with Gasteiger partial charge in [-0.05, 0) is 43.4 Å². The number of halogens is 1. The lowest BCUT2D eigenvalue weighted by Gasteiger charge is -2.20. The van der Waals surface area contributed by atoms with Gasteiger partial charge < -0.3 is 19.0 Å². The molecule has 2 aromatic carbocycles. The Morgan fingerprint density at radius 2 is 1.92 bits per heavy atom. The summed E-state index contributed by atoms with van der Waals surface area (Å²) in [5.74, 6) is 0.493. The van der Waals surface area contributed by atoms with E-state index in [0.717, 1.165) is 50.1 Å². The van der Waals surface area contributed by atoms with Gasteiger partial charge in [-0.2, -0.15) is 5.26 Å². The number of unbranched alkanes of at least 4 members (excludes halogenated alkanes) is 2. The van der Waals surface area contributed by atoms with Crippen molar-refractivity contribution in [1.29, 1.82) is 5.26 Å². The zero-order valence-corrected chi connectivity index (χ0v) is 20.9. The highest BCUT2D eigenvalue weighted by Gasteiger charge is 2.12. The highest BCUT2D eigenvalue weighted by Crippen LogP contribution is 2.24. The Labute approximate surface area is 211 Å². The molecule has 9 heteroatoms. The summed E-state index contributed by atoms with van der Waals surface area (Å²) in [7, 11) is 3.46. The largest absolute Gasteiger partial charge is 0.489 e. The lowest BCUT2D eigenvalue weighted by molar-refractivity contribution is 0.0833. The SMILES string of the molecule is COC(=NCCCCC#N)N(C)c1ccc(COc2cc(F)cc(ON=CC3CCOCC3)c2)cc1. The van der Waals surface area contributed by atoms with E-state index in [1.54, 1.807) is 19.4 Å². The first kappa shape index (κ1) is 27.0. The fraction of sp³-hybridized carbons (Fsp3) is 0.444. The number of aliphatic imine (C=N–C) groups is 1. The van der Waals surface area contributed by atoms with Gasteiger partial charge in [-0.1, -0.05) is 17.3 Å². The second-order valence-electron chi connectivity index (χ2n) is 8.42. The Morgan fingerprint density at radius 3 is 2.64 bits per heavy atom. The Morgan fingerprint density at radius 1 is 1.17 bits per heavy atom. The van der Waals surface area contributed by atoms with E-state index in [1.807, 2.05) is 36.2 Å². The normalized spacial score (nSPS) is 14.4. The number of nitrogens with zero attached hydrogens (tertiary/aromatic N) is 4. The molecule has 0 saturated carbocycles. The van der Waals surface area contributed by atoms with Gasteiger partial charge in [0.05, 0.1) is 13.2 Å². The first-order chi connectivity index (χ1) is 17.6. The maximum Gasteiger partial charge on any atom is 0.291 e. The fourth-order valence-electron chi connectivity index (χ4n) is 3.61. The number of amidine groups is 1. The maximum atomic E-state index is 14.1. The minimum Gasteiger partial charge on any atom is -0.489 e. The quantitative estimate of drug-likeness (QED) is 0.181. The molecular formula is C27H33FN4O4. The third-order valence-corrected chi connectivity index (χ3v) is 5.68. The Balaban J connectivity index is 1.53. The second-order valence-corrected chi connectivity index (χ2v) is 8.42. The zero-order chi connectivity index (χ0) is 25.6. The summed E-state index contributed by atoms with van der Waals surface area (Å²) in [6, 6.07) is 14.6. The molecule has 0 N–H and O–H groups in total. The molecule has 192 valence electrons. The van der Waals surface area contributed by atoms with Crippen LogP contribution < -0.4 is 14.5 Å². The van der Waals surface area contributed by atoms with E-state index in [0.29, 0.717) is 30.7 Å². The van der Waals surface area contributed by atoms with Crippen LogP contribution >= 0.6 is 0 Å². The predicted octanol–water partition coefficient (Wildman–Crippen LogP) is 5.33. The van der Waals surface area contributed by atoms with E-state index < -0.39 is 5.82 Å². The van der Waals surface area contributed by atoms with E-state index in [1.165, 1.54) is 12.1 Å². The molecule has 1 saturated heterocycles. The molecular weight excluding hydrogens is 463 g/mol. The van der Waals surface area contributed by atoms with Crippen molar-refractivity contribution in [2.24, 2.45) is 16.1 Å². The van der Waals surface area contributed by atoms with Gasteiger partial charge in [-0.25, -0.2) is 9.38 Å². The number of ether oxygens (including phenoxy) is 3. The lowest BCUT2D eigenvalue weighted by Crippen LogP contribution is -2.28. The van der Waals surface area contributed by atoms with E-state index >= 15 is 0 Å². The van der Waals surface area contributed by atoms with Gasteiger partial charge in [-0.15, -0.1) is 0 Å². The number of nitriles is 1. The first-order valence-electron chi connectivity index (χ1n) is 12.1. The Hall–Kier alpha value is -3.64. The molecule has 0 amide bonds. The summed E-state index contributed by atoms with van der Waals surface area (Å²) < 4.78 is 30.6. The Bertz CT molecular complexity index is 1050. The molecule has 36 heavy (non-hydrogen) atoms. The number of methoxy groups -OCH3 is 1. The third-order valence-electron chi connectivity index (χ3n) is 5.68. The first-order valence-corrected chi connectivity index (χ1v) is 12.1. The van der Waals surface area contributed by atoms with Crippen LogP contribution in [0.1, 0.15) is 37.7 Å². The van der Waals surface area contributed by atoms with Crippen LogP contribution in [-0.2, 0) is 16.1 Å². The molecule has 0 bridgehead atoms. The number of rotatable bonds is 11. The summed E-state index contributed by atoms with van der Waals surface area (Å²) in [5.41, 5.74) is 1.82. The highest BCUT2D eigenvalue weighted by molar-refractivity contribution is 5.91. The molecule has 0 radical (unpaired) electrons. The van der Waals surface area contributed by atoms with E-state index in [4.69, 9.17) is 24.3 Å². The molecule has 0 aliphatic carbocycles. The fourth-order valence-corrected chi connectivity index (χ4v) is 3.61. The predicted molar refractivity (Wildman–Crippen MR) is 137 cm³/mol.